The maximum Gasteiger partial charge on any atom is 0.0553 e. The van der Waals surface area contributed by atoms with E-state index in [0.29, 0.717) is 6.04 Å². The van der Waals surface area contributed by atoms with Crippen molar-refractivity contribution in [1.29, 1.82) is 0 Å². The van der Waals surface area contributed by atoms with Gasteiger partial charge in [-0.25, -0.2) is 0 Å². The first-order valence-electron chi connectivity index (χ1n) is 6.93. The average Bonchev–Trinajstić information content (AvgIpc) is 2.82. The van der Waals surface area contributed by atoms with Crippen LogP contribution >= 0.6 is 0 Å². The molecule has 1 aromatic carbocycles. The zero-order valence-corrected chi connectivity index (χ0v) is 11.8. The first kappa shape index (κ1) is 13.6. The molecule has 1 N–H and O–H groups in total. The van der Waals surface area contributed by atoms with E-state index in [1.807, 2.05) is 0 Å². The van der Waals surface area contributed by atoms with Gasteiger partial charge in [0.1, 0.15) is 0 Å². The third-order valence-electron chi connectivity index (χ3n) is 3.86. The second-order valence-electron chi connectivity index (χ2n) is 6.01. The summed E-state index contributed by atoms with van der Waals surface area (Å²) in [4.78, 5) is 0. The Balaban J connectivity index is 2.08. The summed E-state index contributed by atoms with van der Waals surface area (Å²) in [5, 5.41) is 3.56. The summed E-state index contributed by atoms with van der Waals surface area (Å²) in [7, 11) is 1.77. The summed E-state index contributed by atoms with van der Waals surface area (Å²) < 4.78 is 5.32. The van der Waals surface area contributed by atoms with Crippen molar-refractivity contribution < 1.29 is 4.74 Å². The van der Waals surface area contributed by atoms with Gasteiger partial charge in [-0.05, 0) is 36.9 Å². The molecule has 100 valence electrons. The van der Waals surface area contributed by atoms with Gasteiger partial charge >= 0.3 is 0 Å². The molecule has 1 aliphatic rings. The molecular weight excluding hydrogens is 222 g/mol. The highest BCUT2D eigenvalue weighted by Crippen LogP contribution is 2.25. The Morgan fingerprint density at radius 1 is 1.39 bits per heavy atom. The summed E-state index contributed by atoms with van der Waals surface area (Å²) in [6.07, 6.45) is 3.78. The molecule has 0 aliphatic carbocycles. The van der Waals surface area contributed by atoms with Crippen molar-refractivity contribution in [2.75, 3.05) is 20.3 Å². The lowest BCUT2D eigenvalue weighted by molar-refractivity contribution is 0.146. The Morgan fingerprint density at radius 3 is 2.89 bits per heavy atom. The van der Waals surface area contributed by atoms with E-state index in [1.54, 1.807) is 7.11 Å². The van der Waals surface area contributed by atoms with Gasteiger partial charge in [-0.3, -0.25) is 0 Å². The van der Waals surface area contributed by atoms with E-state index in [0.717, 1.165) is 13.0 Å². The van der Waals surface area contributed by atoms with Gasteiger partial charge in [-0.15, -0.1) is 0 Å². The van der Waals surface area contributed by atoms with E-state index in [1.165, 1.54) is 30.5 Å². The van der Waals surface area contributed by atoms with Crippen LogP contribution in [0.4, 0.5) is 0 Å². The van der Waals surface area contributed by atoms with Gasteiger partial charge in [0.05, 0.1) is 6.61 Å². The predicted molar refractivity (Wildman–Crippen MR) is 76.1 cm³/mol. The average molecular weight is 247 g/mol. The van der Waals surface area contributed by atoms with Crippen molar-refractivity contribution in [3.8, 4) is 0 Å². The molecule has 1 aromatic rings. The van der Waals surface area contributed by atoms with Crippen LogP contribution in [0.2, 0.25) is 0 Å². The molecular formula is C16H25NO. The van der Waals surface area contributed by atoms with E-state index in [4.69, 9.17) is 4.74 Å². The van der Waals surface area contributed by atoms with Crippen molar-refractivity contribution in [2.45, 2.75) is 44.6 Å². The van der Waals surface area contributed by atoms with Crippen LogP contribution in [-0.2, 0) is 16.6 Å². The highest BCUT2D eigenvalue weighted by molar-refractivity contribution is 5.30. The quantitative estimate of drug-likeness (QED) is 0.864. The molecule has 1 atom stereocenters. The molecule has 0 bridgehead atoms. The molecule has 2 nitrogen and oxygen atoms in total. The van der Waals surface area contributed by atoms with E-state index >= 15 is 0 Å². The third kappa shape index (κ3) is 3.33. The molecule has 1 aliphatic heterocycles. The predicted octanol–water partition coefficient (Wildman–Crippen LogP) is 2.91. The number of nitrogens with one attached hydrogen (secondary N) is 1. The first-order chi connectivity index (χ1) is 8.62. The van der Waals surface area contributed by atoms with Crippen molar-refractivity contribution in [3.05, 3.63) is 35.4 Å². The molecule has 1 saturated heterocycles. The third-order valence-corrected chi connectivity index (χ3v) is 3.86. The Kier molecular flexibility index (Phi) is 4.41. The van der Waals surface area contributed by atoms with E-state index in [2.05, 4.69) is 43.4 Å². The fourth-order valence-electron chi connectivity index (χ4n) is 2.78. The van der Waals surface area contributed by atoms with Gasteiger partial charge in [0, 0.05) is 18.6 Å². The zero-order valence-electron chi connectivity index (χ0n) is 11.8. The van der Waals surface area contributed by atoms with Crippen molar-refractivity contribution in [2.24, 2.45) is 0 Å². The molecule has 1 fully saturated rings. The van der Waals surface area contributed by atoms with Gasteiger partial charge in [0.15, 0.2) is 0 Å². The fraction of sp³-hybridized carbons (Fsp3) is 0.625. The molecule has 0 spiro atoms. The van der Waals surface area contributed by atoms with Crippen LogP contribution in [0.1, 0.15) is 37.8 Å². The second-order valence-corrected chi connectivity index (χ2v) is 6.01. The highest BCUT2D eigenvalue weighted by atomic mass is 16.5. The lowest BCUT2D eigenvalue weighted by atomic mass is 9.84. The van der Waals surface area contributed by atoms with E-state index in [-0.39, 0.29) is 5.41 Å². The molecule has 0 aromatic heterocycles. The lowest BCUT2D eigenvalue weighted by Crippen LogP contribution is -2.25. The smallest absolute Gasteiger partial charge is 0.0553 e. The SMILES string of the molecule is COCC(C)(C)c1cccc(CC2CCCN2)c1. The maximum absolute atomic E-state index is 5.32. The normalized spacial score (nSPS) is 20.3. The molecule has 1 unspecified atom stereocenters. The van der Waals surface area contributed by atoms with E-state index in [9.17, 15) is 0 Å². The molecule has 18 heavy (non-hydrogen) atoms. The summed E-state index contributed by atoms with van der Waals surface area (Å²) in [5.74, 6) is 0. The summed E-state index contributed by atoms with van der Waals surface area (Å²) in [6, 6.07) is 9.65. The summed E-state index contributed by atoms with van der Waals surface area (Å²) >= 11 is 0. The Labute approximate surface area is 111 Å². The number of rotatable bonds is 5. The van der Waals surface area contributed by atoms with Crippen molar-refractivity contribution in [3.63, 3.8) is 0 Å². The number of benzene rings is 1. The highest BCUT2D eigenvalue weighted by Gasteiger charge is 2.21. The number of hydrogen-bond donors (Lipinski definition) is 1. The summed E-state index contributed by atoms with van der Waals surface area (Å²) in [6.45, 7) is 6.42. The van der Waals surface area contributed by atoms with Crippen molar-refractivity contribution in [1.82, 2.24) is 5.32 Å². The van der Waals surface area contributed by atoms with Crippen LogP contribution in [-0.4, -0.2) is 26.3 Å². The van der Waals surface area contributed by atoms with Crippen LogP contribution in [0.5, 0.6) is 0 Å². The molecule has 0 radical (unpaired) electrons. The minimum atomic E-state index is 0.0911. The van der Waals surface area contributed by atoms with Crippen LogP contribution in [0.15, 0.2) is 24.3 Å². The molecule has 0 saturated carbocycles. The maximum atomic E-state index is 5.32. The van der Waals surface area contributed by atoms with Crippen LogP contribution in [0, 0.1) is 0 Å². The fourth-order valence-corrected chi connectivity index (χ4v) is 2.78. The molecule has 0 amide bonds. The Hall–Kier alpha value is -0.860. The van der Waals surface area contributed by atoms with Gasteiger partial charge in [0.25, 0.3) is 0 Å². The van der Waals surface area contributed by atoms with Crippen LogP contribution in [0.3, 0.4) is 0 Å². The Morgan fingerprint density at radius 2 is 2.22 bits per heavy atom. The minimum absolute atomic E-state index is 0.0911. The van der Waals surface area contributed by atoms with Gasteiger partial charge in [-0.2, -0.15) is 0 Å². The van der Waals surface area contributed by atoms with Gasteiger partial charge in [-0.1, -0.05) is 38.1 Å². The topological polar surface area (TPSA) is 21.3 Å². The second kappa shape index (κ2) is 5.85. The standard InChI is InChI=1S/C16H25NO/c1-16(2,12-18-3)14-7-4-6-13(10-14)11-15-8-5-9-17-15/h4,6-7,10,15,17H,5,8-9,11-12H2,1-3H3. The number of hydrogen-bond acceptors (Lipinski definition) is 2. The number of ether oxygens (including phenoxy) is 1. The first-order valence-corrected chi connectivity index (χ1v) is 6.93. The summed E-state index contributed by atoms with van der Waals surface area (Å²) in [5.41, 5.74) is 2.91. The molecule has 1 heterocycles. The lowest BCUT2D eigenvalue weighted by Gasteiger charge is -2.25. The van der Waals surface area contributed by atoms with Crippen LogP contribution < -0.4 is 5.32 Å². The van der Waals surface area contributed by atoms with Crippen LogP contribution in [0.25, 0.3) is 0 Å². The van der Waals surface area contributed by atoms with Crippen molar-refractivity contribution >= 4 is 0 Å². The molecule has 2 heteroatoms. The number of methoxy groups -OCH3 is 1. The minimum Gasteiger partial charge on any atom is -0.384 e. The van der Waals surface area contributed by atoms with Gasteiger partial charge < -0.3 is 10.1 Å². The molecule has 2 rings (SSSR count). The largest absolute Gasteiger partial charge is 0.384 e. The monoisotopic (exact) mass is 247 g/mol. The zero-order chi connectivity index (χ0) is 13.0. The van der Waals surface area contributed by atoms with E-state index < -0.39 is 0 Å². The Bertz CT molecular complexity index is 380. The van der Waals surface area contributed by atoms with Gasteiger partial charge in [0.2, 0.25) is 0 Å².